The van der Waals surface area contributed by atoms with Crippen molar-refractivity contribution in [3.63, 3.8) is 0 Å². The first-order valence-corrected chi connectivity index (χ1v) is 12.3. The molecule has 2 aromatic heterocycles. The van der Waals surface area contributed by atoms with Crippen molar-refractivity contribution in [3.8, 4) is 39.6 Å². The van der Waals surface area contributed by atoms with E-state index in [1.165, 1.54) is 0 Å². The number of benzene rings is 4. The Morgan fingerprint density at radius 2 is 1.43 bits per heavy atom. The highest BCUT2D eigenvalue weighted by Gasteiger charge is 2.18. The van der Waals surface area contributed by atoms with E-state index in [9.17, 15) is 0 Å². The van der Waals surface area contributed by atoms with Crippen LogP contribution >= 0.6 is 23.2 Å². The second-order valence-electron chi connectivity index (χ2n) is 8.53. The van der Waals surface area contributed by atoms with Crippen molar-refractivity contribution in [2.75, 3.05) is 7.11 Å². The average molecular weight is 527 g/mol. The van der Waals surface area contributed by atoms with E-state index in [0.717, 1.165) is 44.6 Å². The van der Waals surface area contributed by atoms with Gasteiger partial charge >= 0.3 is 0 Å². The molecule has 0 spiro atoms. The average Bonchev–Trinajstić information content (AvgIpc) is 3.57. The maximum atomic E-state index is 6.24. The van der Waals surface area contributed by atoms with Crippen molar-refractivity contribution in [3.05, 3.63) is 107 Å². The van der Waals surface area contributed by atoms with Crippen LogP contribution in [0.5, 0.6) is 5.75 Å². The zero-order valence-corrected chi connectivity index (χ0v) is 21.2. The van der Waals surface area contributed by atoms with Crippen LogP contribution in [-0.2, 0) is 6.54 Å². The molecule has 0 bridgehead atoms. The molecule has 0 saturated heterocycles. The summed E-state index contributed by atoms with van der Waals surface area (Å²) in [5.74, 6) is 1.99. The Morgan fingerprint density at radius 1 is 0.784 bits per heavy atom. The van der Waals surface area contributed by atoms with Crippen molar-refractivity contribution in [2.24, 2.45) is 0 Å². The molecule has 0 amide bonds. The van der Waals surface area contributed by atoms with Crippen molar-refractivity contribution in [1.82, 2.24) is 20.0 Å². The van der Waals surface area contributed by atoms with Crippen molar-refractivity contribution in [1.29, 1.82) is 0 Å². The standard InChI is InChI=1S/C29H20Cl2N4O2/c1-36-25-13-8-20-14-22(3-2-21(20)15-25)26-16-35(34-33-26)17-27-32-28(18-4-9-23(30)10-5-18)29(37-27)19-6-11-24(31)12-7-19/h2-16H,17H2,1H3. The summed E-state index contributed by atoms with van der Waals surface area (Å²) < 4.78 is 13.3. The maximum Gasteiger partial charge on any atom is 0.217 e. The molecule has 0 unspecified atom stereocenters. The van der Waals surface area contributed by atoms with Crippen LogP contribution in [0.3, 0.4) is 0 Å². The number of ether oxygens (including phenoxy) is 1. The summed E-state index contributed by atoms with van der Waals surface area (Å²) in [4.78, 5) is 4.80. The molecule has 0 fully saturated rings. The fourth-order valence-electron chi connectivity index (χ4n) is 4.19. The molecule has 6 rings (SSSR count). The molecule has 0 aliphatic heterocycles. The molecule has 0 radical (unpaired) electrons. The lowest BCUT2D eigenvalue weighted by Gasteiger charge is -2.04. The van der Waals surface area contributed by atoms with Crippen LogP contribution in [0.1, 0.15) is 5.89 Å². The monoisotopic (exact) mass is 526 g/mol. The summed E-state index contributed by atoms with van der Waals surface area (Å²) in [6, 6.07) is 27.1. The summed E-state index contributed by atoms with van der Waals surface area (Å²) in [5, 5.41) is 12.2. The van der Waals surface area contributed by atoms with Crippen LogP contribution in [-0.4, -0.2) is 27.1 Å². The van der Waals surface area contributed by atoms with Crippen LogP contribution in [0.15, 0.2) is 95.5 Å². The number of hydrogen-bond acceptors (Lipinski definition) is 5. The molecule has 0 aliphatic carbocycles. The Labute approximate surface area is 223 Å². The predicted molar refractivity (Wildman–Crippen MR) is 146 cm³/mol. The number of halogens is 2. The molecule has 6 aromatic rings. The Kier molecular flexibility index (Phi) is 6.12. The highest BCUT2D eigenvalue weighted by atomic mass is 35.5. The summed E-state index contributed by atoms with van der Waals surface area (Å²) in [6.45, 7) is 0.325. The van der Waals surface area contributed by atoms with E-state index in [1.54, 1.807) is 11.8 Å². The van der Waals surface area contributed by atoms with Crippen LogP contribution in [0.4, 0.5) is 0 Å². The van der Waals surface area contributed by atoms with Crippen LogP contribution < -0.4 is 4.74 Å². The maximum absolute atomic E-state index is 6.24. The Hall–Kier alpha value is -4.13. The van der Waals surface area contributed by atoms with Gasteiger partial charge in [-0.3, -0.25) is 0 Å². The molecule has 182 valence electrons. The quantitative estimate of drug-likeness (QED) is 0.221. The van der Waals surface area contributed by atoms with Gasteiger partial charge in [0.15, 0.2) is 5.76 Å². The molecule has 0 N–H and O–H groups in total. The van der Waals surface area contributed by atoms with Crippen molar-refractivity contribution >= 4 is 34.0 Å². The van der Waals surface area contributed by atoms with Gasteiger partial charge in [0.25, 0.3) is 0 Å². The zero-order valence-electron chi connectivity index (χ0n) is 19.7. The molecule has 0 aliphatic rings. The van der Waals surface area contributed by atoms with Gasteiger partial charge in [0, 0.05) is 26.7 Å². The number of nitrogens with zero attached hydrogens (tertiary/aromatic N) is 4. The summed E-state index contributed by atoms with van der Waals surface area (Å²) in [6.07, 6.45) is 1.89. The Morgan fingerprint density at radius 3 is 2.16 bits per heavy atom. The second-order valence-corrected chi connectivity index (χ2v) is 9.40. The minimum absolute atomic E-state index is 0.325. The van der Waals surface area contributed by atoms with E-state index in [2.05, 4.69) is 22.4 Å². The van der Waals surface area contributed by atoms with E-state index < -0.39 is 0 Å². The van der Waals surface area contributed by atoms with Crippen LogP contribution in [0, 0.1) is 0 Å². The zero-order chi connectivity index (χ0) is 25.4. The molecule has 0 atom stereocenters. The lowest BCUT2D eigenvalue weighted by molar-refractivity contribution is 0.415. The largest absolute Gasteiger partial charge is 0.497 e. The molecule has 8 heteroatoms. The van der Waals surface area contributed by atoms with Gasteiger partial charge in [-0.1, -0.05) is 58.7 Å². The van der Waals surface area contributed by atoms with Crippen LogP contribution in [0.25, 0.3) is 44.6 Å². The van der Waals surface area contributed by atoms with E-state index in [0.29, 0.717) is 28.2 Å². The summed E-state index contributed by atoms with van der Waals surface area (Å²) in [7, 11) is 1.67. The van der Waals surface area contributed by atoms with Gasteiger partial charge in [-0.05, 0) is 65.4 Å². The summed E-state index contributed by atoms with van der Waals surface area (Å²) >= 11 is 12.2. The first-order valence-electron chi connectivity index (χ1n) is 11.6. The van der Waals surface area contributed by atoms with Gasteiger partial charge in [-0.15, -0.1) is 5.10 Å². The van der Waals surface area contributed by atoms with E-state index in [4.69, 9.17) is 37.3 Å². The SMILES string of the molecule is COc1ccc2cc(-c3cn(Cc4nc(-c5ccc(Cl)cc5)c(-c5ccc(Cl)cc5)o4)nn3)ccc2c1. The van der Waals surface area contributed by atoms with E-state index >= 15 is 0 Å². The van der Waals surface area contributed by atoms with Gasteiger partial charge in [0.2, 0.25) is 5.89 Å². The van der Waals surface area contributed by atoms with Gasteiger partial charge in [0.1, 0.15) is 23.7 Å². The number of oxazole rings is 1. The third kappa shape index (κ3) is 4.81. The Balaban J connectivity index is 1.32. The predicted octanol–water partition coefficient (Wildman–Crippen LogP) is 7.78. The number of methoxy groups -OCH3 is 1. The van der Waals surface area contributed by atoms with E-state index in [-0.39, 0.29) is 0 Å². The van der Waals surface area contributed by atoms with Crippen molar-refractivity contribution in [2.45, 2.75) is 6.54 Å². The molecule has 6 nitrogen and oxygen atoms in total. The first kappa shape index (κ1) is 23.3. The molecular formula is C29H20Cl2N4O2. The lowest BCUT2D eigenvalue weighted by Crippen LogP contribution is -2.00. The summed E-state index contributed by atoms with van der Waals surface area (Å²) in [5.41, 5.74) is 4.23. The van der Waals surface area contributed by atoms with Gasteiger partial charge < -0.3 is 9.15 Å². The number of aromatic nitrogens is 4. The van der Waals surface area contributed by atoms with Gasteiger partial charge in [-0.25, -0.2) is 9.67 Å². The van der Waals surface area contributed by atoms with Gasteiger partial charge in [-0.2, -0.15) is 0 Å². The smallest absolute Gasteiger partial charge is 0.217 e. The first-order chi connectivity index (χ1) is 18.1. The molecular weight excluding hydrogens is 507 g/mol. The number of hydrogen-bond donors (Lipinski definition) is 0. The minimum Gasteiger partial charge on any atom is -0.497 e. The second kappa shape index (κ2) is 9.73. The minimum atomic E-state index is 0.325. The molecule has 37 heavy (non-hydrogen) atoms. The Bertz CT molecular complexity index is 1640. The van der Waals surface area contributed by atoms with E-state index in [1.807, 2.05) is 79.0 Å². The number of fused-ring (bicyclic) bond motifs is 1. The topological polar surface area (TPSA) is 66.0 Å². The highest BCUT2D eigenvalue weighted by Crippen LogP contribution is 2.34. The van der Waals surface area contributed by atoms with Gasteiger partial charge in [0.05, 0.1) is 13.3 Å². The fraction of sp³-hybridized carbons (Fsp3) is 0.0690. The molecule has 4 aromatic carbocycles. The third-order valence-electron chi connectivity index (χ3n) is 6.07. The van der Waals surface area contributed by atoms with Crippen LogP contribution in [0.2, 0.25) is 10.0 Å². The van der Waals surface area contributed by atoms with Crippen molar-refractivity contribution < 1.29 is 9.15 Å². The normalized spacial score (nSPS) is 11.2. The molecule has 2 heterocycles. The lowest BCUT2D eigenvalue weighted by atomic mass is 10.1. The fourth-order valence-corrected chi connectivity index (χ4v) is 4.44. The molecule has 0 saturated carbocycles. The third-order valence-corrected chi connectivity index (χ3v) is 6.58. The number of rotatable bonds is 6. The highest BCUT2D eigenvalue weighted by molar-refractivity contribution is 6.31.